The molecule has 0 amide bonds. The number of esters is 1. The number of benzene rings is 1. The average Bonchev–Trinajstić information content (AvgIpc) is 2.15. The van der Waals surface area contributed by atoms with E-state index in [1.165, 1.54) is 0 Å². The predicted molar refractivity (Wildman–Crippen MR) is 59.9 cm³/mol. The van der Waals surface area contributed by atoms with Crippen LogP contribution in [0.5, 0.6) is 0 Å². The van der Waals surface area contributed by atoms with Gasteiger partial charge in [-0.1, -0.05) is 24.8 Å². The third kappa shape index (κ3) is 3.59. The van der Waals surface area contributed by atoms with Crippen LogP contribution in [0.2, 0.25) is 0 Å². The van der Waals surface area contributed by atoms with E-state index >= 15 is 0 Å². The van der Waals surface area contributed by atoms with E-state index < -0.39 is 0 Å². The summed E-state index contributed by atoms with van der Waals surface area (Å²) in [7, 11) is 0. The molecule has 1 rings (SSSR count). The number of hydrogen-bond acceptors (Lipinski definition) is 2. The summed E-state index contributed by atoms with van der Waals surface area (Å²) in [6.45, 7) is 3.90. The zero-order valence-electron chi connectivity index (χ0n) is 7.00. The molecule has 0 atom stereocenters. The quantitative estimate of drug-likeness (QED) is 0.631. The smallest absolute Gasteiger partial charge is 0.338 e. The van der Waals surface area contributed by atoms with Gasteiger partial charge in [-0.25, -0.2) is 4.79 Å². The molecule has 1 aromatic rings. The summed E-state index contributed by atoms with van der Waals surface area (Å²) in [6, 6.07) is 8.90. The Labute approximate surface area is 90.7 Å². The first-order valence-corrected chi connectivity index (χ1v) is 4.83. The topological polar surface area (TPSA) is 26.3 Å². The number of ether oxygens (including phenoxy) is 1. The van der Waals surface area contributed by atoms with Crippen molar-refractivity contribution in [1.29, 1.82) is 0 Å². The van der Waals surface area contributed by atoms with E-state index in [0.717, 1.165) is 3.58 Å². The van der Waals surface area contributed by atoms with Gasteiger partial charge in [-0.2, -0.15) is 0 Å². The van der Waals surface area contributed by atoms with Gasteiger partial charge in [-0.15, -0.1) is 0 Å². The molecule has 0 fully saturated rings. The van der Waals surface area contributed by atoms with Gasteiger partial charge in [0.2, 0.25) is 0 Å². The Bertz CT molecular complexity index is 306. The van der Waals surface area contributed by atoms with Gasteiger partial charge in [0.1, 0.15) is 6.61 Å². The van der Waals surface area contributed by atoms with Crippen LogP contribution in [-0.2, 0) is 4.74 Å². The Hall–Kier alpha value is -0.840. The van der Waals surface area contributed by atoms with Crippen molar-refractivity contribution in [1.82, 2.24) is 0 Å². The van der Waals surface area contributed by atoms with Gasteiger partial charge in [0.05, 0.1) is 5.56 Å². The zero-order chi connectivity index (χ0) is 9.68. The molecule has 68 valence electrons. The molecule has 0 heterocycles. The van der Waals surface area contributed by atoms with Gasteiger partial charge in [-0.05, 0) is 34.7 Å². The van der Waals surface area contributed by atoms with Crippen molar-refractivity contribution in [2.45, 2.75) is 0 Å². The average molecular weight is 288 g/mol. The summed E-state index contributed by atoms with van der Waals surface area (Å²) in [6.07, 6.45) is 0. The Morgan fingerprint density at radius 3 is 2.54 bits per heavy atom. The van der Waals surface area contributed by atoms with Crippen LogP contribution in [0.15, 0.2) is 40.5 Å². The molecule has 2 nitrogen and oxygen atoms in total. The molecule has 0 aromatic heterocycles. The highest BCUT2D eigenvalue weighted by atomic mass is 127. The lowest BCUT2D eigenvalue weighted by Gasteiger charge is -2.02. The lowest BCUT2D eigenvalue weighted by atomic mass is 10.2. The highest BCUT2D eigenvalue weighted by Gasteiger charge is 2.04. The molecule has 0 saturated carbocycles. The molecule has 0 spiro atoms. The molecule has 0 unspecified atom stereocenters. The third-order valence-corrected chi connectivity index (χ3v) is 1.68. The van der Waals surface area contributed by atoms with Crippen molar-refractivity contribution in [2.75, 3.05) is 6.61 Å². The molecule has 1 aromatic carbocycles. The minimum Gasteiger partial charge on any atom is -0.457 e. The summed E-state index contributed by atoms with van der Waals surface area (Å²) in [5.74, 6) is -0.307. The highest BCUT2D eigenvalue weighted by Crippen LogP contribution is 2.05. The van der Waals surface area contributed by atoms with Crippen molar-refractivity contribution in [3.05, 3.63) is 46.1 Å². The third-order valence-electron chi connectivity index (χ3n) is 1.37. The largest absolute Gasteiger partial charge is 0.457 e. The van der Waals surface area contributed by atoms with Crippen LogP contribution in [0.3, 0.4) is 0 Å². The van der Waals surface area contributed by atoms with E-state index in [1.54, 1.807) is 24.3 Å². The summed E-state index contributed by atoms with van der Waals surface area (Å²) in [5, 5.41) is 0. The Morgan fingerprint density at radius 1 is 1.38 bits per heavy atom. The predicted octanol–water partition coefficient (Wildman–Crippen LogP) is 2.79. The lowest BCUT2D eigenvalue weighted by Crippen LogP contribution is -2.05. The Morgan fingerprint density at radius 2 is 2.00 bits per heavy atom. The van der Waals surface area contributed by atoms with Crippen LogP contribution in [0, 0.1) is 0 Å². The number of carbonyl (C=O) groups is 1. The molecule has 13 heavy (non-hydrogen) atoms. The van der Waals surface area contributed by atoms with Crippen molar-refractivity contribution >= 4 is 28.6 Å². The lowest BCUT2D eigenvalue weighted by molar-refractivity contribution is 0.0548. The minimum atomic E-state index is -0.307. The summed E-state index contributed by atoms with van der Waals surface area (Å²) in [4.78, 5) is 11.3. The molecule has 0 radical (unpaired) electrons. The van der Waals surface area contributed by atoms with Crippen molar-refractivity contribution in [2.24, 2.45) is 0 Å². The first-order chi connectivity index (χ1) is 6.20. The molecule has 0 saturated heterocycles. The normalized spacial score (nSPS) is 9.31. The molecular formula is C10H9IO2. The standard InChI is InChI=1S/C10H9IO2/c1-8(11)7-13-10(12)9-5-3-2-4-6-9/h2-6H,1,7H2. The van der Waals surface area contributed by atoms with Crippen LogP contribution in [0.1, 0.15) is 10.4 Å². The molecule has 0 aliphatic rings. The van der Waals surface area contributed by atoms with Gasteiger partial charge in [0, 0.05) is 3.58 Å². The fourth-order valence-electron chi connectivity index (χ4n) is 0.801. The maximum Gasteiger partial charge on any atom is 0.338 e. The summed E-state index contributed by atoms with van der Waals surface area (Å²) < 4.78 is 5.75. The van der Waals surface area contributed by atoms with Gasteiger partial charge < -0.3 is 4.74 Å². The van der Waals surface area contributed by atoms with Gasteiger partial charge in [0.25, 0.3) is 0 Å². The number of carbonyl (C=O) groups excluding carboxylic acids is 1. The number of rotatable bonds is 3. The van der Waals surface area contributed by atoms with E-state index in [2.05, 4.69) is 6.58 Å². The van der Waals surface area contributed by atoms with Gasteiger partial charge >= 0.3 is 5.97 Å². The monoisotopic (exact) mass is 288 g/mol. The minimum absolute atomic E-state index is 0.272. The van der Waals surface area contributed by atoms with Crippen molar-refractivity contribution in [3.63, 3.8) is 0 Å². The maximum atomic E-state index is 11.3. The Kier molecular flexibility index (Phi) is 3.95. The second kappa shape index (κ2) is 5.01. The number of hydrogen-bond donors (Lipinski definition) is 0. The second-order valence-electron chi connectivity index (χ2n) is 2.46. The van der Waals surface area contributed by atoms with E-state index in [4.69, 9.17) is 4.74 Å². The van der Waals surface area contributed by atoms with E-state index in [9.17, 15) is 4.79 Å². The fraction of sp³-hybridized carbons (Fsp3) is 0.100. The molecule has 3 heteroatoms. The van der Waals surface area contributed by atoms with Crippen LogP contribution in [-0.4, -0.2) is 12.6 Å². The second-order valence-corrected chi connectivity index (χ2v) is 3.99. The fourth-order valence-corrected chi connectivity index (χ4v) is 0.957. The van der Waals surface area contributed by atoms with Gasteiger partial charge in [-0.3, -0.25) is 0 Å². The molecule has 0 aliphatic heterocycles. The van der Waals surface area contributed by atoms with Crippen LogP contribution in [0.25, 0.3) is 0 Å². The first-order valence-electron chi connectivity index (χ1n) is 3.75. The number of halogens is 1. The molecule has 0 N–H and O–H groups in total. The molecular weight excluding hydrogens is 279 g/mol. The van der Waals surface area contributed by atoms with E-state index in [-0.39, 0.29) is 12.6 Å². The SMILES string of the molecule is C=C(I)COC(=O)c1ccccc1. The molecule has 0 aliphatic carbocycles. The van der Waals surface area contributed by atoms with Crippen molar-refractivity contribution in [3.8, 4) is 0 Å². The van der Waals surface area contributed by atoms with E-state index in [1.807, 2.05) is 28.7 Å². The summed E-state index contributed by atoms with van der Waals surface area (Å²) in [5.41, 5.74) is 0.570. The maximum absolute atomic E-state index is 11.3. The van der Waals surface area contributed by atoms with E-state index in [0.29, 0.717) is 5.56 Å². The van der Waals surface area contributed by atoms with Crippen molar-refractivity contribution < 1.29 is 9.53 Å². The van der Waals surface area contributed by atoms with Crippen LogP contribution < -0.4 is 0 Å². The highest BCUT2D eigenvalue weighted by molar-refractivity contribution is 14.1. The van der Waals surface area contributed by atoms with Crippen LogP contribution in [0.4, 0.5) is 0 Å². The molecule has 0 bridgehead atoms. The summed E-state index contributed by atoms with van der Waals surface area (Å²) >= 11 is 2.02. The van der Waals surface area contributed by atoms with Crippen LogP contribution >= 0.6 is 22.6 Å². The van der Waals surface area contributed by atoms with Gasteiger partial charge in [0.15, 0.2) is 0 Å². The zero-order valence-corrected chi connectivity index (χ0v) is 9.15. The first kappa shape index (κ1) is 10.2. The Balaban J connectivity index is 2.54.